The average molecular weight is 423 g/mol. The van der Waals surface area contributed by atoms with Gasteiger partial charge in [0.05, 0.1) is 23.0 Å². The molecule has 0 aliphatic heterocycles. The van der Waals surface area contributed by atoms with E-state index in [1.54, 1.807) is 17.5 Å². The number of hydrogen-bond acceptors (Lipinski definition) is 3. The van der Waals surface area contributed by atoms with Crippen molar-refractivity contribution in [3.63, 3.8) is 0 Å². The van der Waals surface area contributed by atoms with E-state index in [0.717, 1.165) is 25.6 Å². The summed E-state index contributed by atoms with van der Waals surface area (Å²) in [7, 11) is 1.92. The highest BCUT2D eigenvalue weighted by Gasteiger charge is 2.17. The Balaban J connectivity index is 1.93. The molecule has 0 aliphatic carbocycles. The summed E-state index contributed by atoms with van der Waals surface area (Å²) in [6.45, 7) is 2.40. The van der Waals surface area contributed by atoms with Crippen molar-refractivity contribution in [2.24, 2.45) is 7.05 Å². The number of aromatic nitrogens is 3. The second-order valence-electron chi connectivity index (χ2n) is 5.70. The molecular formula is C17H13BrClN3OS. The number of nitrogens with zero attached hydrogens (tertiary/aromatic N) is 3. The fourth-order valence-corrected chi connectivity index (χ4v) is 4.87. The predicted molar refractivity (Wildman–Crippen MR) is 103 cm³/mol. The number of aryl methyl sites for hydroxylation is 2. The third-order valence-corrected chi connectivity index (χ3v) is 6.34. The summed E-state index contributed by atoms with van der Waals surface area (Å²) >= 11 is 11.4. The van der Waals surface area contributed by atoms with Crippen molar-refractivity contribution in [1.82, 2.24) is 14.3 Å². The van der Waals surface area contributed by atoms with E-state index in [1.807, 2.05) is 29.8 Å². The van der Waals surface area contributed by atoms with Crippen LogP contribution in [0.1, 0.15) is 10.4 Å². The average Bonchev–Trinajstić information content (AvgIpc) is 3.03. The molecule has 0 saturated carbocycles. The van der Waals surface area contributed by atoms with Gasteiger partial charge in [0.15, 0.2) is 0 Å². The molecule has 0 spiro atoms. The number of thiophene rings is 1. The second-order valence-corrected chi connectivity index (χ2v) is 8.22. The Morgan fingerprint density at radius 2 is 2.17 bits per heavy atom. The lowest BCUT2D eigenvalue weighted by Gasteiger charge is -2.09. The van der Waals surface area contributed by atoms with Gasteiger partial charge in [-0.3, -0.25) is 4.79 Å². The second kappa shape index (κ2) is 5.72. The van der Waals surface area contributed by atoms with Crippen LogP contribution in [-0.4, -0.2) is 14.3 Å². The van der Waals surface area contributed by atoms with Crippen molar-refractivity contribution < 1.29 is 0 Å². The number of fused-ring (bicyclic) bond motifs is 3. The minimum absolute atomic E-state index is 0.108. The van der Waals surface area contributed by atoms with E-state index in [9.17, 15) is 4.79 Å². The van der Waals surface area contributed by atoms with Crippen LogP contribution in [0.3, 0.4) is 0 Å². The van der Waals surface area contributed by atoms with Gasteiger partial charge < -0.3 is 4.57 Å². The molecule has 7 heteroatoms. The van der Waals surface area contributed by atoms with Gasteiger partial charge >= 0.3 is 0 Å². The van der Waals surface area contributed by atoms with Crippen LogP contribution >= 0.6 is 38.9 Å². The van der Waals surface area contributed by atoms with E-state index < -0.39 is 0 Å². The molecule has 0 aliphatic rings. The first-order chi connectivity index (χ1) is 11.5. The minimum Gasteiger partial charge on any atom is -0.338 e. The van der Waals surface area contributed by atoms with E-state index in [-0.39, 0.29) is 5.56 Å². The lowest BCUT2D eigenvalue weighted by Crippen LogP contribution is -2.24. The molecule has 4 rings (SSSR count). The zero-order valence-electron chi connectivity index (χ0n) is 13.0. The quantitative estimate of drug-likeness (QED) is 0.469. The SMILES string of the molecule is Cc1cc2c(s1)c1cnn(Cc3c(Cl)cccc3Br)c(=O)c1n2C. The third kappa shape index (κ3) is 2.32. The molecule has 0 N–H and O–H groups in total. The molecule has 0 atom stereocenters. The molecule has 0 amide bonds. The molecule has 0 fully saturated rings. The minimum atomic E-state index is -0.108. The van der Waals surface area contributed by atoms with E-state index in [1.165, 1.54) is 9.56 Å². The highest BCUT2D eigenvalue weighted by Crippen LogP contribution is 2.33. The van der Waals surface area contributed by atoms with Gasteiger partial charge in [0.25, 0.3) is 5.56 Å². The molecular weight excluding hydrogens is 410 g/mol. The monoisotopic (exact) mass is 421 g/mol. The maximum Gasteiger partial charge on any atom is 0.291 e. The third-order valence-electron chi connectivity index (χ3n) is 4.16. The van der Waals surface area contributed by atoms with Crippen molar-refractivity contribution in [1.29, 1.82) is 0 Å². The van der Waals surface area contributed by atoms with E-state index in [2.05, 4.69) is 34.0 Å². The van der Waals surface area contributed by atoms with Gasteiger partial charge in [0, 0.05) is 32.4 Å². The van der Waals surface area contributed by atoms with Gasteiger partial charge in [0.1, 0.15) is 5.52 Å². The smallest absolute Gasteiger partial charge is 0.291 e. The number of benzene rings is 1. The number of hydrogen-bond donors (Lipinski definition) is 0. The normalized spacial score (nSPS) is 11.7. The maximum absolute atomic E-state index is 13.0. The molecule has 4 aromatic rings. The van der Waals surface area contributed by atoms with E-state index in [0.29, 0.717) is 17.1 Å². The Morgan fingerprint density at radius 3 is 2.92 bits per heavy atom. The number of halogens is 2. The first-order valence-electron chi connectivity index (χ1n) is 7.35. The molecule has 24 heavy (non-hydrogen) atoms. The Morgan fingerprint density at radius 1 is 1.38 bits per heavy atom. The van der Waals surface area contributed by atoms with Crippen LogP contribution in [0.4, 0.5) is 0 Å². The van der Waals surface area contributed by atoms with Crippen LogP contribution in [0.15, 0.2) is 39.7 Å². The largest absolute Gasteiger partial charge is 0.338 e. The summed E-state index contributed by atoms with van der Waals surface area (Å²) in [5.74, 6) is 0. The predicted octanol–water partition coefficient (Wildman–Crippen LogP) is 4.72. The summed E-state index contributed by atoms with van der Waals surface area (Å²) < 4.78 is 5.40. The van der Waals surface area contributed by atoms with Gasteiger partial charge in [-0.25, -0.2) is 4.68 Å². The van der Waals surface area contributed by atoms with Crippen LogP contribution in [0.2, 0.25) is 5.02 Å². The molecule has 3 aromatic heterocycles. The van der Waals surface area contributed by atoms with Crippen molar-refractivity contribution in [3.05, 3.63) is 60.8 Å². The van der Waals surface area contributed by atoms with Gasteiger partial charge in [-0.15, -0.1) is 11.3 Å². The first kappa shape index (κ1) is 15.9. The molecule has 122 valence electrons. The number of rotatable bonds is 2. The lowest BCUT2D eigenvalue weighted by molar-refractivity contribution is 0.643. The summed E-state index contributed by atoms with van der Waals surface area (Å²) in [5.41, 5.74) is 2.49. The van der Waals surface area contributed by atoms with Crippen LogP contribution < -0.4 is 5.56 Å². The lowest BCUT2D eigenvalue weighted by atomic mass is 10.2. The van der Waals surface area contributed by atoms with Gasteiger partial charge in [-0.05, 0) is 25.1 Å². The zero-order valence-corrected chi connectivity index (χ0v) is 16.2. The Hall–Kier alpha value is -1.63. The van der Waals surface area contributed by atoms with Crippen LogP contribution in [0.25, 0.3) is 21.1 Å². The standard InChI is InChI=1S/C17H13BrClN3OS/c1-9-6-14-16(24-9)10-7-20-22(17(23)15(10)21(14)2)8-11-12(18)4-3-5-13(11)19/h3-7H,8H2,1-2H3. The fraction of sp³-hybridized carbons (Fsp3) is 0.176. The van der Waals surface area contributed by atoms with Crippen molar-refractivity contribution >= 4 is 60.0 Å². The Kier molecular flexibility index (Phi) is 3.78. The zero-order chi connectivity index (χ0) is 17.0. The van der Waals surface area contributed by atoms with Gasteiger partial charge in [-0.1, -0.05) is 33.6 Å². The van der Waals surface area contributed by atoms with Gasteiger partial charge in [0.2, 0.25) is 0 Å². The fourth-order valence-electron chi connectivity index (χ4n) is 2.98. The maximum atomic E-state index is 13.0. The van der Waals surface area contributed by atoms with Gasteiger partial charge in [-0.2, -0.15) is 5.10 Å². The van der Waals surface area contributed by atoms with Crippen LogP contribution in [0, 0.1) is 6.92 Å². The highest BCUT2D eigenvalue weighted by molar-refractivity contribution is 9.10. The molecule has 0 saturated heterocycles. The molecule has 0 radical (unpaired) electrons. The molecule has 0 bridgehead atoms. The molecule has 1 aromatic carbocycles. The molecule has 4 nitrogen and oxygen atoms in total. The summed E-state index contributed by atoms with van der Waals surface area (Å²) in [4.78, 5) is 14.2. The topological polar surface area (TPSA) is 39.8 Å². The van der Waals surface area contributed by atoms with E-state index in [4.69, 9.17) is 11.6 Å². The van der Waals surface area contributed by atoms with E-state index >= 15 is 0 Å². The van der Waals surface area contributed by atoms with Crippen LogP contribution in [-0.2, 0) is 13.6 Å². The summed E-state index contributed by atoms with van der Waals surface area (Å²) in [5, 5.41) is 5.89. The summed E-state index contributed by atoms with van der Waals surface area (Å²) in [6, 6.07) is 7.69. The van der Waals surface area contributed by atoms with Crippen molar-refractivity contribution in [2.45, 2.75) is 13.5 Å². The Labute approximate surface area is 155 Å². The van der Waals surface area contributed by atoms with Crippen LogP contribution in [0.5, 0.6) is 0 Å². The summed E-state index contributed by atoms with van der Waals surface area (Å²) in [6.07, 6.45) is 1.78. The van der Waals surface area contributed by atoms with Crippen molar-refractivity contribution in [2.75, 3.05) is 0 Å². The highest BCUT2D eigenvalue weighted by atomic mass is 79.9. The first-order valence-corrected chi connectivity index (χ1v) is 9.33. The van der Waals surface area contributed by atoms with Crippen molar-refractivity contribution in [3.8, 4) is 0 Å². The molecule has 0 unspecified atom stereocenters. The molecule has 3 heterocycles. The Bertz CT molecular complexity index is 1140.